The maximum atomic E-state index is 12.7. The Labute approximate surface area is 182 Å². The Morgan fingerprint density at radius 2 is 1.81 bits per heavy atom. The number of rotatable bonds is 5. The average Bonchev–Trinajstić information content (AvgIpc) is 3.29. The highest BCUT2D eigenvalue weighted by atomic mass is 32.2. The third kappa shape index (κ3) is 4.29. The van der Waals surface area contributed by atoms with E-state index in [0.717, 1.165) is 22.9 Å². The maximum absolute atomic E-state index is 12.7. The molecule has 1 saturated heterocycles. The number of carbonyl (C=O) groups excluding carboxylic acids is 2. The van der Waals surface area contributed by atoms with Gasteiger partial charge in [0.05, 0.1) is 16.4 Å². The summed E-state index contributed by atoms with van der Waals surface area (Å²) in [7, 11) is 0. The zero-order valence-electron chi connectivity index (χ0n) is 16.8. The van der Waals surface area contributed by atoms with Crippen molar-refractivity contribution in [2.45, 2.75) is 20.4 Å². The van der Waals surface area contributed by atoms with Gasteiger partial charge in [0.25, 0.3) is 16.8 Å². The molecular formula is C23H18N2O5S. The molecule has 0 spiro atoms. The number of hydrogen-bond acceptors (Lipinski definition) is 6. The van der Waals surface area contributed by atoms with Crippen LogP contribution in [0.1, 0.15) is 22.5 Å². The van der Waals surface area contributed by atoms with Crippen LogP contribution in [0.15, 0.2) is 63.9 Å². The van der Waals surface area contributed by atoms with E-state index < -0.39 is 4.92 Å². The first kappa shape index (κ1) is 20.6. The lowest BCUT2D eigenvalue weighted by Crippen LogP contribution is -2.27. The molecule has 7 nitrogen and oxygen atoms in total. The molecule has 4 rings (SSSR count). The van der Waals surface area contributed by atoms with Crippen molar-refractivity contribution in [1.29, 1.82) is 0 Å². The van der Waals surface area contributed by atoms with Crippen LogP contribution in [-0.2, 0) is 11.3 Å². The molecule has 3 aromatic rings. The van der Waals surface area contributed by atoms with Gasteiger partial charge < -0.3 is 4.42 Å². The van der Waals surface area contributed by atoms with Crippen molar-refractivity contribution in [1.82, 2.24) is 4.90 Å². The van der Waals surface area contributed by atoms with E-state index in [1.54, 1.807) is 37.3 Å². The molecule has 0 saturated carbocycles. The molecule has 1 aliphatic heterocycles. The van der Waals surface area contributed by atoms with Gasteiger partial charge in [-0.1, -0.05) is 29.8 Å². The molecule has 1 fully saturated rings. The average molecular weight is 434 g/mol. The van der Waals surface area contributed by atoms with Crippen molar-refractivity contribution in [3.05, 3.63) is 92.1 Å². The van der Waals surface area contributed by atoms with Crippen molar-refractivity contribution in [3.63, 3.8) is 0 Å². The summed E-state index contributed by atoms with van der Waals surface area (Å²) in [5, 5.41) is 10.7. The molecule has 2 amide bonds. The van der Waals surface area contributed by atoms with E-state index in [-0.39, 0.29) is 28.3 Å². The van der Waals surface area contributed by atoms with Gasteiger partial charge in [0.15, 0.2) is 0 Å². The fourth-order valence-corrected chi connectivity index (χ4v) is 4.06. The number of imide groups is 1. The molecule has 0 radical (unpaired) electrons. The van der Waals surface area contributed by atoms with Crippen LogP contribution in [0.4, 0.5) is 10.5 Å². The van der Waals surface area contributed by atoms with Gasteiger partial charge in [-0.25, -0.2) is 0 Å². The summed E-state index contributed by atoms with van der Waals surface area (Å²) in [6.07, 6.45) is 1.54. The molecule has 1 aliphatic rings. The van der Waals surface area contributed by atoms with Gasteiger partial charge >= 0.3 is 0 Å². The minimum absolute atomic E-state index is 0.0396. The topological polar surface area (TPSA) is 93.7 Å². The number of furan rings is 1. The van der Waals surface area contributed by atoms with Crippen LogP contribution in [0, 0.1) is 24.0 Å². The molecule has 0 unspecified atom stereocenters. The Bertz CT molecular complexity index is 1230. The number of nitro groups is 1. The summed E-state index contributed by atoms with van der Waals surface area (Å²) in [5.41, 5.74) is 3.24. The summed E-state index contributed by atoms with van der Waals surface area (Å²) in [6, 6.07) is 15.8. The molecule has 2 heterocycles. The molecule has 0 N–H and O–H groups in total. The van der Waals surface area contributed by atoms with E-state index in [0.29, 0.717) is 22.6 Å². The van der Waals surface area contributed by atoms with E-state index >= 15 is 0 Å². The van der Waals surface area contributed by atoms with Crippen LogP contribution >= 0.6 is 11.8 Å². The smallest absolute Gasteiger partial charge is 0.293 e. The van der Waals surface area contributed by atoms with Crippen LogP contribution in [0.25, 0.3) is 17.4 Å². The minimum atomic E-state index is -0.431. The third-order valence-corrected chi connectivity index (χ3v) is 5.82. The Morgan fingerprint density at radius 3 is 2.48 bits per heavy atom. The number of carbonyl (C=O) groups is 2. The van der Waals surface area contributed by atoms with E-state index in [1.807, 2.05) is 31.2 Å². The molecular weight excluding hydrogens is 416 g/mol. The summed E-state index contributed by atoms with van der Waals surface area (Å²) in [4.78, 5) is 37.1. The van der Waals surface area contributed by atoms with Gasteiger partial charge in [-0.3, -0.25) is 24.6 Å². The first-order valence-electron chi connectivity index (χ1n) is 9.48. The Kier molecular flexibility index (Phi) is 5.48. The van der Waals surface area contributed by atoms with Crippen LogP contribution in [-0.4, -0.2) is 21.0 Å². The second kappa shape index (κ2) is 8.23. The predicted molar refractivity (Wildman–Crippen MR) is 118 cm³/mol. The van der Waals surface area contributed by atoms with E-state index in [4.69, 9.17) is 4.42 Å². The number of thioether (sulfide) groups is 1. The SMILES string of the molecule is Cc1ccc(CN2C(=O)S/C(=C\c3ccc(-c4ccc([N+](=O)[O-])c(C)c4)o3)C2=O)cc1. The standard InChI is InChI=1S/C23H18N2O5S/c1-14-3-5-16(6-4-14)13-24-22(26)21(31-23(24)27)12-18-8-10-20(30-18)17-7-9-19(25(28)29)15(2)11-17/h3-12H,13H2,1-2H3/b21-12-. The highest BCUT2D eigenvalue weighted by Crippen LogP contribution is 2.34. The van der Waals surface area contributed by atoms with Crippen molar-refractivity contribution < 1.29 is 18.9 Å². The van der Waals surface area contributed by atoms with Crippen molar-refractivity contribution in [2.24, 2.45) is 0 Å². The first-order valence-corrected chi connectivity index (χ1v) is 10.3. The molecule has 31 heavy (non-hydrogen) atoms. The van der Waals surface area contributed by atoms with Gasteiger partial charge in [-0.15, -0.1) is 0 Å². The molecule has 0 bridgehead atoms. The van der Waals surface area contributed by atoms with Crippen LogP contribution in [0.2, 0.25) is 0 Å². The van der Waals surface area contributed by atoms with E-state index in [1.165, 1.54) is 11.0 Å². The predicted octanol–water partition coefficient (Wildman–Crippen LogP) is 5.71. The number of hydrogen-bond donors (Lipinski definition) is 0. The number of nitrogens with zero attached hydrogens (tertiary/aromatic N) is 2. The van der Waals surface area contributed by atoms with Crippen molar-refractivity contribution >= 4 is 34.7 Å². The zero-order chi connectivity index (χ0) is 22.1. The molecule has 1 aromatic heterocycles. The van der Waals surface area contributed by atoms with Gasteiger partial charge in [0.2, 0.25) is 0 Å². The number of amides is 2. The summed E-state index contributed by atoms with van der Waals surface area (Å²) in [5.74, 6) is 0.578. The monoisotopic (exact) mass is 434 g/mol. The number of benzene rings is 2. The van der Waals surface area contributed by atoms with Gasteiger partial charge in [-0.05, 0) is 55.4 Å². The first-order chi connectivity index (χ1) is 14.8. The lowest BCUT2D eigenvalue weighted by atomic mass is 10.1. The van der Waals surface area contributed by atoms with Gasteiger partial charge in [0, 0.05) is 23.3 Å². The Morgan fingerprint density at radius 1 is 1.06 bits per heavy atom. The van der Waals surface area contributed by atoms with E-state index in [2.05, 4.69) is 0 Å². The summed E-state index contributed by atoms with van der Waals surface area (Å²) >= 11 is 0.875. The number of aryl methyl sites for hydroxylation is 2. The second-order valence-electron chi connectivity index (χ2n) is 7.21. The number of nitro benzene ring substituents is 1. The normalized spacial score (nSPS) is 15.2. The lowest BCUT2D eigenvalue weighted by Gasteiger charge is -2.12. The molecule has 0 aliphatic carbocycles. The molecule has 8 heteroatoms. The van der Waals surface area contributed by atoms with Crippen LogP contribution in [0.5, 0.6) is 0 Å². The quantitative estimate of drug-likeness (QED) is 0.290. The van der Waals surface area contributed by atoms with Crippen molar-refractivity contribution in [2.75, 3.05) is 0 Å². The lowest BCUT2D eigenvalue weighted by molar-refractivity contribution is -0.385. The molecule has 0 atom stereocenters. The summed E-state index contributed by atoms with van der Waals surface area (Å²) < 4.78 is 5.80. The fourth-order valence-electron chi connectivity index (χ4n) is 3.24. The van der Waals surface area contributed by atoms with E-state index in [9.17, 15) is 19.7 Å². The second-order valence-corrected chi connectivity index (χ2v) is 8.21. The molecule has 2 aromatic carbocycles. The maximum Gasteiger partial charge on any atom is 0.293 e. The zero-order valence-corrected chi connectivity index (χ0v) is 17.6. The third-order valence-electron chi connectivity index (χ3n) is 4.91. The minimum Gasteiger partial charge on any atom is -0.457 e. The fraction of sp³-hybridized carbons (Fsp3) is 0.130. The largest absolute Gasteiger partial charge is 0.457 e. The Balaban J connectivity index is 1.53. The van der Waals surface area contributed by atoms with Crippen LogP contribution in [0.3, 0.4) is 0 Å². The molecule has 156 valence electrons. The summed E-state index contributed by atoms with van der Waals surface area (Å²) in [6.45, 7) is 3.85. The van der Waals surface area contributed by atoms with Crippen LogP contribution < -0.4 is 0 Å². The highest BCUT2D eigenvalue weighted by Gasteiger charge is 2.35. The van der Waals surface area contributed by atoms with Gasteiger partial charge in [-0.2, -0.15) is 0 Å². The van der Waals surface area contributed by atoms with Gasteiger partial charge in [0.1, 0.15) is 11.5 Å². The highest BCUT2D eigenvalue weighted by molar-refractivity contribution is 8.18. The Hall–Kier alpha value is -3.65. The van der Waals surface area contributed by atoms with Crippen molar-refractivity contribution in [3.8, 4) is 11.3 Å².